The summed E-state index contributed by atoms with van der Waals surface area (Å²) < 4.78 is 30.4. The van der Waals surface area contributed by atoms with Gasteiger partial charge in [-0.15, -0.1) is 0 Å². The highest BCUT2D eigenvalue weighted by molar-refractivity contribution is 7.91. The van der Waals surface area contributed by atoms with Crippen molar-refractivity contribution in [2.24, 2.45) is 5.92 Å². The Morgan fingerprint density at radius 2 is 1.87 bits per heavy atom. The fourth-order valence-electron chi connectivity index (χ4n) is 2.91. The smallest absolute Gasteiger partial charge is 0.221 e. The maximum atomic E-state index is 12.3. The Morgan fingerprint density at radius 1 is 1.22 bits per heavy atom. The van der Waals surface area contributed by atoms with Gasteiger partial charge >= 0.3 is 0 Å². The second kappa shape index (κ2) is 7.93. The van der Waals surface area contributed by atoms with E-state index in [0.29, 0.717) is 11.6 Å². The summed E-state index contributed by atoms with van der Waals surface area (Å²) in [5, 5.41) is 2.62. The van der Waals surface area contributed by atoms with E-state index in [-0.39, 0.29) is 29.3 Å². The first-order chi connectivity index (χ1) is 10.9. The monoisotopic (exact) mass is 339 g/mol. The van der Waals surface area contributed by atoms with E-state index in [1.54, 1.807) is 12.1 Å². The maximum Gasteiger partial charge on any atom is 0.221 e. The molecule has 1 amide bonds. The van der Waals surface area contributed by atoms with Gasteiger partial charge in [0.2, 0.25) is 5.91 Å². The average molecular weight is 339 g/mol. The topological polar surface area (TPSA) is 72.5 Å². The van der Waals surface area contributed by atoms with Crippen LogP contribution in [0.1, 0.15) is 39.5 Å². The van der Waals surface area contributed by atoms with E-state index in [1.807, 2.05) is 0 Å². The van der Waals surface area contributed by atoms with E-state index in [1.165, 1.54) is 25.5 Å². The molecule has 1 saturated carbocycles. The first kappa shape index (κ1) is 17.9. The number of nitrogens with one attached hydrogen (secondary N) is 1. The molecular formula is C17H25NO4S. The largest absolute Gasteiger partial charge is 0.377 e. The molecule has 2 atom stereocenters. The number of benzene rings is 1. The lowest BCUT2D eigenvalue weighted by molar-refractivity contribution is -0.114. The molecule has 0 saturated heterocycles. The summed E-state index contributed by atoms with van der Waals surface area (Å²) in [6.07, 6.45) is 4.75. The van der Waals surface area contributed by atoms with E-state index in [0.717, 1.165) is 19.3 Å². The Morgan fingerprint density at radius 3 is 2.48 bits per heavy atom. The van der Waals surface area contributed by atoms with Crippen LogP contribution in [0.4, 0.5) is 5.69 Å². The molecule has 5 nitrogen and oxygen atoms in total. The molecule has 2 rings (SSSR count). The zero-order valence-electron chi connectivity index (χ0n) is 13.7. The molecule has 0 aromatic heterocycles. The van der Waals surface area contributed by atoms with Gasteiger partial charge < -0.3 is 10.1 Å². The van der Waals surface area contributed by atoms with Gasteiger partial charge in [0.05, 0.1) is 23.4 Å². The van der Waals surface area contributed by atoms with Crippen LogP contribution >= 0.6 is 0 Å². The van der Waals surface area contributed by atoms with Crippen molar-refractivity contribution in [2.75, 3.05) is 17.7 Å². The molecule has 1 aliphatic rings. The Labute approximate surface area is 138 Å². The van der Waals surface area contributed by atoms with Crippen LogP contribution in [0.25, 0.3) is 0 Å². The lowest BCUT2D eigenvalue weighted by atomic mass is 9.88. The molecule has 1 aromatic carbocycles. The molecule has 6 heteroatoms. The minimum atomic E-state index is -3.36. The summed E-state index contributed by atoms with van der Waals surface area (Å²) in [6, 6.07) is 6.23. The predicted molar refractivity (Wildman–Crippen MR) is 90.2 cm³/mol. The molecule has 1 fully saturated rings. The van der Waals surface area contributed by atoms with Crippen LogP contribution in [-0.4, -0.2) is 32.8 Å². The molecule has 0 radical (unpaired) electrons. The standard InChI is InChI=1S/C17H25NO4S/c1-13-5-3-4-6-17(13)22-11-12-23(20,21)16-9-7-15(8-10-16)18-14(2)19/h7-10,13,17H,3-6,11-12H2,1-2H3,(H,18,19). The Bertz CT molecular complexity index is 624. The van der Waals surface area contributed by atoms with Crippen LogP contribution in [0.15, 0.2) is 29.2 Å². The summed E-state index contributed by atoms with van der Waals surface area (Å²) >= 11 is 0. The van der Waals surface area contributed by atoms with Crippen molar-refractivity contribution in [3.63, 3.8) is 0 Å². The van der Waals surface area contributed by atoms with E-state index in [9.17, 15) is 13.2 Å². The number of sulfone groups is 1. The summed E-state index contributed by atoms with van der Waals surface area (Å²) in [7, 11) is -3.36. The van der Waals surface area contributed by atoms with Crippen molar-refractivity contribution in [2.45, 2.75) is 50.5 Å². The lowest BCUT2D eigenvalue weighted by Gasteiger charge is -2.28. The summed E-state index contributed by atoms with van der Waals surface area (Å²) in [4.78, 5) is 11.2. The third-order valence-electron chi connectivity index (χ3n) is 4.25. The van der Waals surface area contributed by atoms with Gasteiger partial charge in [-0.05, 0) is 43.0 Å². The number of ether oxygens (including phenoxy) is 1. The minimum Gasteiger partial charge on any atom is -0.377 e. The van der Waals surface area contributed by atoms with Gasteiger partial charge in [0.15, 0.2) is 9.84 Å². The van der Waals surface area contributed by atoms with Crippen molar-refractivity contribution in [1.82, 2.24) is 0 Å². The number of carbonyl (C=O) groups is 1. The van der Waals surface area contributed by atoms with Crippen LogP contribution in [0, 0.1) is 5.92 Å². The van der Waals surface area contributed by atoms with Crippen molar-refractivity contribution >= 4 is 21.4 Å². The van der Waals surface area contributed by atoms with Gasteiger partial charge in [-0.1, -0.05) is 19.8 Å². The molecule has 0 bridgehead atoms. The first-order valence-corrected chi connectivity index (χ1v) is 9.76. The van der Waals surface area contributed by atoms with Crippen LogP contribution in [0.5, 0.6) is 0 Å². The molecule has 0 heterocycles. The fourth-order valence-corrected chi connectivity index (χ4v) is 4.01. The van der Waals surface area contributed by atoms with Gasteiger partial charge in [-0.25, -0.2) is 8.42 Å². The highest BCUT2D eigenvalue weighted by atomic mass is 32.2. The molecular weight excluding hydrogens is 314 g/mol. The Kier molecular flexibility index (Phi) is 6.18. The summed E-state index contributed by atoms with van der Waals surface area (Å²) in [5.74, 6) is 0.300. The van der Waals surface area contributed by atoms with Crippen molar-refractivity contribution in [3.8, 4) is 0 Å². The van der Waals surface area contributed by atoms with Gasteiger partial charge in [0.25, 0.3) is 0 Å². The van der Waals surface area contributed by atoms with Crippen LogP contribution in [-0.2, 0) is 19.4 Å². The average Bonchev–Trinajstić information content (AvgIpc) is 2.49. The molecule has 128 valence electrons. The maximum absolute atomic E-state index is 12.3. The Hall–Kier alpha value is -1.40. The third kappa shape index (κ3) is 5.32. The van der Waals surface area contributed by atoms with Crippen molar-refractivity contribution < 1.29 is 17.9 Å². The van der Waals surface area contributed by atoms with E-state index in [4.69, 9.17) is 4.74 Å². The highest BCUT2D eigenvalue weighted by Crippen LogP contribution is 2.26. The number of carbonyl (C=O) groups excluding carboxylic acids is 1. The highest BCUT2D eigenvalue weighted by Gasteiger charge is 2.23. The summed E-state index contributed by atoms with van der Waals surface area (Å²) in [5.41, 5.74) is 0.587. The molecule has 23 heavy (non-hydrogen) atoms. The van der Waals surface area contributed by atoms with Gasteiger partial charge in [0.1, 0.15) is 0 Å². The van der Waals surface area contributed by atoms with Gasteiger partial charge in [-0.2, -0.15) is 0 Å². The molecule has 0 aliphatic heterocycles. The molecule has 0 spiro atoms. The van der Waals surface area contributed by atoms with E-state index in [2.05, 4.69) is 12.2 Å². The number of hydrogen-bond donors (Lipinski definition) is 1. The second-order valence-electron chi connectivity index (χ2n) is 6.20. The number of amides is 1. The molecule has 1 aliphatic carbocycles. The molecule has 1 aromatic rings. The number of rotatable bonds is 6. The van der Waals surface area contributed by atoms with Crippen molar-refractivity contribution in [3.05, 3.63) is 24.3 Å². The number of hydrogen-bond acceptors (Lipinski definition) is 4. The quantitative estimate of drug-likeness (QED) is 0.865. The van der Waals surface area contributed by atoms with Crippen LogP contribution in [0.3, 0.4) is 0 Å². The zero-order valence-corrected chi connectivity index (χ0v) is 14.6. The predicted octanol–water partition coefficient (Wildman–Crippen LogP) is 3.01. The van der Waals surface area contributed by atoms with Crippen LogP contribution < -0.4 is 5.32 Å². The molecule has 2 unspecified atom stereocenters. The zero-order chi connectivity index (χ0) is 16.9. The fraction of sp³-hybridized carbons (Fsp3) is 0.588. The van der Waals surface area contributed by atoms with Crippen molar-refractivity contribution in [1.29, 1.82) is 0 Å². The summed E-state index contributed by atoms with van der Waals surface area (Å²) in [6.45, 7) is 3.80. The number of anilines is 1. The SMILES string of the molecule is CC(=O)Nc1ccc(S(=O)(=O)CCOC2CCCCC2C)cc1. The first-order valence-electron chi connectivity index (χ1n) is 8.10. The van der Waals surface area contributed by atoms with E-state index < -0.39 is 9.84 Å². The molecule has 1 N–H and O–H groups in total. The van der Waals surface area contributed by atoms with Gasteiger partial charge in [-0.3, -0.25) is 4.79 Å². The normalized spacial score (nSPS) is 21.8. The van der Waals surface area contributed by atoms with Crippen LogP contribution in [0.2, 0.25) is 0 Å². The third-order valence-corrected chi connectivity index (χ3v) is 5.95. The second-order valence-corrected chi connectivity index (χ2v) is 8.30. The van der Waals surface area contributed by atoms with E-state index >= 15 is 0 Å². The minimum absolute atomic E-state index is 0.0182. The Balaban J connectivity index is 1.89. The van der Waals surface area contributed by atoms with Gasteiger partial charge in [0, 0.05) is 12.6 Å². The lowest BCUT2D eigenvalue weighted by Crippen LogP contribution is -2.27.